The summed E-state index contributed by atoms with van der Waals surface area (Å²) in [5.41, 5.74) is 3.66. The Bertz CT molecular complexity index is 909. The van der Waals surface area contributed by atoms with Crippen molar-refractivity contribution >= 4 is 16.9 Å². The largest absolute Gasteiger partial charge is 0.497 e. The zero-order valence-corrected chi connectivity index (χ0v) is 13.3. The molecule has 0 spiro atoms. The summed E-state index contributed by atoms with van der Waals surface area (Å²) in [6.45, 7) is 2.29. The van der Waals surface area contributed by atoms with Crippen molar-refractivity contribution in [2.24, 2.45) is 0 Å². The molecule has 1 aromatic carbocycles. The van der Waals surface area contributed by atoms with Gasteiger partial charge < -0.3 is 19.2 Å². The normalized spacial score (nSPS) is 14.7. The van der Waals surface area contributed by atoms with E-state index in [1.807, 2.05) is 12.1 Å². The van der Waals surface area contributed by atoms with Crippen LogP contribution in [0.3, 0.4) is 0 Å². The predicted molar refractivity (Wildman–Crippen MR) is 88.3 cm³/mol. The molecule has 0 radical (unpaired) electrons. The van der Waals surface area contributed by atoms with E-state index >= 15 is 0 Å². The third-order valence-electron chi connectivity index (χ3n) is 4.51. The van der Waals surface area contributed by atoms with Gasteiger partial charge in [0.25, 0.3) is 0 Å². The van der Waals surface area contributed by atoms with Crippen molar-refractivity contribution in [1.82, 2.24) is 9.88 Å². The molecule has 3 heterocycles. The molecule has 0 atom stereocenters. The molecule has 0 bridgehead atoms. The summed E-state index contributed by atoms with van der Waals surface area (Å²) in [7, 11) is 1.68. The number of hydrogen-bond donors (Lipinski definition) is 2. The number of furan rings is 1. The number of carboxylic acids is 1. The average molecular weight is 326 g/mol. The van der Waals surface area contributed by atoms with Gasteiger partial charge in [-0.15, -0.1) is 0 Å². The van der Waals surface area contributed by atoms with Gasteiger partial charge in [-0.1, -0.05) is 0 Å². The van der Waals surface area contributed by atoms with E-state index in [9.17, 15) is 4.79 Å². The number of aromatic carboxylic acids is 1. The molecule has 2 N–H and O–H groups in total. The van der Waals surface area contributed by atoms with Crippen molar-refractivity contribution in [3.05, 3.63) is 53.1 Å². The molecule has 1 aliphatic rings. The molecule has 0 saturated heterocycles. The van der Waals surface area contributed by atoms with Gasteiger partial charge >= 0.3 is 5.97 Å². The number of methoxy groups -OCH3 is 1. The minimum absolute atomic E-state index is 0.0135. The SMILES string of the molecule is COc1ccc2[nH]c3c(c2c1)CCN(Cc1ccc(C(=O)O)o1)C3. The second-order valence-corrected chi connectivity index (χ2v) is 6.03. The zero-order valence-electron chi connectivity index (χ0n) is 13.3. The second kappa shape index (κ2) is 5.72. The van der Waals surface area contributed by atoms with Gasteiger partial charge in [-0.3, -0.25) is 4.90 Å². The summed E-state index contributed by atoms with van der Waals surface area (Å²) in [5, 5.41) is 10.2. The van der Waals surface area contributed by atoms with E-state index in [2.05, 4.69) is 16.0 Å². The van der Waals surface area contributed by atoms with Crippen LogP contribution < -0.4 is 4.74 Å². The summed E-state index contributed by atoms with van der Waals surface area (Å²) < 4.78 is 10.7. The third-order valence-corrected chi connectivity index (χ3v) is 4.51. The lowest BCUT2D eigenvalue weighted by Gasteiger charge is -2.26. The van der Waals surface area contributed by atoms with Gasteiger partial charge in [0.2, 0.25) is 5.76 Å². The predicted octanol–water partition coefficient (Wildman–Crippen LogP) is 3.03. The van der Waals surface area contributed by atoms with E-state index in [0.717, 1.165) is 30.8 Å². The number of aromatic nitrogens is 1. The highest BCUT2D eigenvalue weighted by atomic mass is 16.5. The van der Waals surface area contributed by atoms with Crippen LogP contribution in [0.4, 0.5) is 0 Å². The smallest absolute Gasteiger partial charge is 0.371 e. The van der Waals surface area contributed by atoms with E-state index in [1.165, 1.54) is 22.7 Å². The summed E-state index contributed by atoms with van der Waals surface area (Å²) >= 11 is 0. The van der Waals surface area contributed by atoms with Gasteiger partial charge in [-0.05, 0) is 42.3 Å². The van der Waals surface area contributed by atoms with Crippen LogP contribution in [0.1, 0.15) is 27.6 Å². The first-order valence-electron chi connectivity index (χ1n) is 7.86. The molecular formula is C18H18N2O4. The molecule has 124 valence electrons. The van der Waals surface area contributed by atoms with Crippen molar-refractivity contribution in [2.45, 2.75) is 19.5 Å². The molecule has 2 aromatic heterocycles. The Hall–Kier alpha value is -2.73. The average Bonchev–Trinajstić information content (AvgIpc) is 3.18. The first kappa shape index (κ1) is 14.8. The monoisotopic (exact) mass is 326 g/mol. The number of carbonyl (C=O) groups is 1. The van der Waals surface area contributed by atoms with Gasteiger partial charge in [0.15, 0.2) is 0 Å². The first-order chi connectivity index (χ1) is 11.6. The van der Waals surface area contributed by atoms with Crippen molar-refractivity contribution in [1.29, 1.82) is 0 Å². The number of fused-ring (bicyclic) bond motifs is 3. The number of ether oxygens (including phenoxy) is 1. The third kappa shape index (κ3) is 2.55. The van der Waals surface area contributed by atoms with Crippen LogP contribution in [0.25, 0.3) is 10.9 Å². The summed E-state index contributed by atoms with van der Waals surface area (Å²) in [4.78, 5) is 16.6. The highest BCUT2D eigenvalue weighted by Gasteiger charge is 2.22. The Labute approximate surface area is 138 Å². The number of H-pyrrole nitrogens is 1. The lowest BCUT2D eigenvalue weighted by Crippen LogP contribution is -2.29. The van der Waals surface area contributed by atoms with Crippen LogP contribution >= 0.6 is 0 Å². The Morgan fingerprint density at radius 1 is 1.38 bits per heavy atom. The van der Waals surface area contributed by atoms with Gasteiger partial charge in [0.05, 0.1) is 13.7 Å². The van der Waals surface area contributed by atoms with Crippen LogP contribution in [0, 0.1) is 0 Å². The Morgan fingerprint density at radius 2 is 2.25 bits per heavy atom. The summed E-state index contributed by atoms with van der Waals surface area (Å²) in [6.07, 6.45) is 0.939. The number of nitrogens with zero attached hydrogens (tertiary/aromatic N) is 1. The molecule has 0 aliphatic carbocycles. The highest BCUT2D eigenvalue weighted by molar-refractivity contribution is 5.86. The van der Waals surface area contributed by atoms with E-state index < -0.39 is 5.97 Å². The molecule has 0 fully saturated rings. The van der Waals surface area contributed by atoms with Gasteiger partial charge in [-0.2, -0.15) is 0 Å². The van der Waals surface area contributed by atoms with Crippen LogP contribution in [-0.4, -0.2) is 34.6 Å². The van der Waals surface area contributed by atoms with Gasteiger partial charge in [0.1, 0.15) is 11.5 Å². The fourth-order valence-corrected chi connectivity index (χ4v) is 3.34. The standard InChI is InChI=1S/C18H18N2O4/c1-23-11-2-4-15-14(8-11)13-6-7-20(10-16(13)19-15)9-12-3-5-17(24-12)18(21)22/h2-5,8,19H,6-7,9-10H2,1H3,(H,21,22). The zero-order chi connectivity index (χ0) is 16.7. The quantitative estimate of drug-likeness (QED) is 0.770. The molecule has 3 aromatic rings. The van der Waals surface area contributed by atoms with E-state index in [-0.39, 0.29) is 5.76 Å². The summed E-state index contributed by atoms with van der Waals surface area (Å²) in [5.74, 6) is 0.490. The topological polar surface area (TPSA) is 78.7 Å². The molecule has 6 nitrogen and oxygen atoms in total. The summed E-state index contributed by atoms with van der Waals surface area (Å²) in [6, 6.07) is 9.31. The molecule has 4 rings (SSSR count). The number of aromatic amines is 1. The van der Waals surface area contributed by atoms with Crippen LogP contribution in [0.15, 0.2) is 34.7 Å². The Morgan fingerprint density at radius 3 is 3.00 bits per heavy atom. The minimum Gasteiger partial charge on any atom is -0.497 e. The van der Waals surface area contributed by atoms with Crippen LogP contribution in [0.5, 0.6) is 5.75 Å². The molecular weight excluding hydrogens is 308 g/mol. The number of hydrogen-bond acceptors (Lipinski definition) is 4. The van der Waals surface area contributed by atoms with Crippen molar-refractivity contribution in [2.75, 3.05) is 13.7 Å². The van der Waals surface area contributed by atoms with Gasteiger partial charge in [0, 0.05) is 29.7 Å². The first-order valence-corrected chi connectivity index (χ1v) is 7.86. The molecule has 6 heteroatoms. The van der Waals surface area contributed by atoms with E-state index in [1.54, 1.807) is 13.2 Å². The van der Waals surface area contributed by atoms with Gasteiger partial charge in [-0.25, -0.2) is 4.79 Å². The van der Waals surface area contributed by atoms with Crippen LogP contribution in [0.2, 0.25) is 0 Å². The van der Waals surface area contributed by atoms with Crippen molar-refractivity contribution in [3.63, 3.8) is 0 Å². The number of carboxylic acid groups (broad SMARTS) is 1. The molecule has 0 amide bonds. The number of rotatable bonds is 4. The van der Waals surface area contributed by atoms with E-state index in [4.69, 9.17) is 14.3 Å². The van der Waals surface area contributed by atoms with Crippen LogP contribution in [-0.2, 0) is 19.5 Å². The Kier molecular flexibility index (Phi) is 3.54. The maximum absolute atomic E-state index is 10.9. The fraction of sp³-hybridized carbons (Fsp3) is 0.278. The second-order valence-electron chi connectivity index (χ2n) is 6.03. The minimum atomic E-state index is -1.04. The molecule has 24 heavy (non-hydrogen) atoms. The number of nitrogens with one attached hydrogen (secondary N) is 1. The molecule has 0 saturated carbocycles. The van der Waals surface area contributed by atoms with Crippen molar-refractivity contribution in [3.8, 4) is 5.75 Å². The lowest BCUT2D eigenvalue weighted by molar-refractivity contribution is 0.0658. The Balaban J connectivity index is 1.56. The van der Waals surface area contributed by atoms with Crippen molar-refractivity contribution < 1.29 is 19.1 Å². The fourth-order valence-electron chi connectivity index (χ4n) is 3.34. The molecule has 1 aliphatic heterocycles. The number of benzene rings is 1. The maximum Gasteiger partial charge on any atom is 0.371 e. The lowest BCUT2D eigenvalue weighted by atomic mass is 10.0. The van der Waals surface area contributed by atoms with E-state index in [0.29, 0.717) is 12.3 Å². The highest BCUT2D eigenvalue weighted by Crippen LogP contribution is 2.30. The molecule has 0 unspecified atom stereocenters. The maximum atomic E-state index is 10.9.